The minimum atomic E-state index is 1.22. The highest BCUT2D eigenvalue weighted by molar-refractivity contribution is 5.44. The van der Waals surface area contributed by atoms with Crippen molar-refractivity contribution in [3.8, 4) is 0 Å². The Balaban J connectivity index is 1.94. The van der Waals surface area contributed by atoms with Crippen LogP contribution in [0.2, 0.25) is 0 Å². The molecule has 18 heavy (non-hydrogen) atoms. The van der Waals surface area contributed by atoms with E-state index in [9.17, 15) is 0 Å². The lowest BCUT2D eigenvalue weighted by molar-refractivity contribution is 0.777. The van der Waals surface area contributed by atoms with Crippen molar-refractivity contribution in [3.63, 3.8) is 0 Å². The number of aryl methyl sites for hydroxylation is 4. The molecule has 0 atom stereocenters. The van der Waals surface area contributed by atoms with Crippen molar-refractivity contribution in [2.45, 2.75) is 38.5 Å². The molecule has 0 fully saturated rings. The minimum Gasteiger partial charge on any atom is -0.0617 e. The van der Waals surface area contributed by atoms with Crippen LogP contribution in [0.4, 0.5) is 0 Å². The summed E-state index contributed by atoms with van der Waals surface area (Å²) in [6.45, 7) is 0. The zero-order chi connectivity index (χ0) is 11.9. The SMILES string of the molecule is c1cc2c3c(c1)CCc1cccc(c1CC3)CC2. The van der Waals surface area contributed by atoms with Crippen LogP contribution >= 0.6 is 0 Å². The number of hydrogen-bond donors (Lipinski definition) is 0. The van der Waals surface area contributed by atoms with Gasteiger partial charge in [0.2, 0.25) is 0 Å². The van der Waals surface area contributed by atoms with Crippen LogP contribution < -0.4 is 0 Å². The van der Waals surface area contributed by atoms with E-state index in [0.717, 1.165) is 0 Å². The average molecular weight is 234 g/mol. The van der Waals surface area contributed by atoms with E-state index in [0.29, 0.717) is 0 Å². The fourth-order valence-electron chi connectivity index (χ4n) is 3.74. The Morgan fingerprint density at radius 2 is 0.778 bits per heavy atom. The third kappa shape index (κ3) is 1.52. The molecular formula is C18H18. The van der Waals surface area contributed by atoms with Gasteiger partial charge in [0, 0.05) is 0 Å². The zero-order valence-electron chi connectivity index (χ0n) is 10.7. The van der Waals surface area contributed by atoms with E-state index in [4.69, 9.17) is 0 Å². The molecule has 0 unspecified atom stereocenters. The molecule has 90 valence electrons. The molecule has 0 amide bonds. The maximum Gasteiger partial charge on any atom is -0.0233 e. The maximum atomic E-state index is 2.34. The van der Waals surface area contributed by atoms with Crippen molar-refractivity contribution in [3.05, 3.63) is 69.8 Å². The lowest BCUT2D eigenvalue weighted by Gasteiger charge is -2.24. The second kappa shape index (κ2) is 3.98. The topological polar surface area (TPSA) is 0 Å². The summed E-state index contributed by atoms with van der Waals surface area (Å²) in [5.74, 6) is 0. The van der Waals surface area contributed by atoms with Crippen LogP contribution in [0.15, 0.2) is 36.4 Å². The first-order valence-electron chi connectivity index (χ1n) is 7.11. The second-order valence-electron chi connectivity index (χ2n) is 5.61. The van der Waals surface area contributed by atoms with Gasteiger partial charge in [0.25, 0.3) is 0 Å². The largest absolute Gasteiger partial charge is 0.0617 e. The molecule has 0 nitrogen and oxygen atoms in total. The van der Waals surface area contributed by atoms with Gasteiger partial charge in [-0.05, 0) is 71.9 Å². The first-order chi connectivity index (χ1) is 8.92. The molecule has 0 N–H and O–H groups in total. The number of hydrogen-bond acceptors (Lipinski definition) is 0. The Morgan fingerprint density at radius 3 is 1.11 bits per heavy atom. The third-order valence-electron chi connectivity index (χ3n) is 4.69. The third-order valence-corrected chi connectivity index (χ3v) is 4.69. The van der Waals surface area contributed by atoms with Crippen molar-refractivity contribution in [1.82, 2.24) is 0 Å². The maximum absolute atomic E-state index is 2.34. The van der Waals surface area contributed by atoms with Crippen molar-refractivity contribution in [1.29, 1.82) is 0 Å². The standard InChI is InChI=1S/C18H18/c1-3-13-7-9-15-5-2-6-16-10-8-14(4-1)17(13)11-12-18(15)16/h1-6H,7-12H2. The summed E-state index contributed by atoms with van der Waals surface area (Å²) >= 11 is 0. The summed E-state index contributed by atoms with van der Waals surface area (Å²) in [5, 5.41) is 0. The molecule has 2 aromatic carbocycles. The van der Waals surface area contributed by atoms with Gasteiger partial charge in [0.1, 0.15) is 0 Å². The van der Waals surface area contributed by atoms with Crippen molar-refractivity contribution in [2.24, 2.45) is 0 Å². The summed E-state index contributed by atoms with van der Waals surface area (Å²) in [4.78, 5) is 0. The van der Waals surface area contributed by atoms with Gasteiger partial charge < -0.3 is 0 Å². The van der Waals surface area contributed by atoms with E-state index < -0.39 is 0 Å². The van der Waals surface area contributed by atoms with Crippen LogP contribution in [0, 0.1) is 0 Å². The van der Waals surface area contributed by atoms with Gasteiger partial charge >= 0.3 is 0 Å². The Morgan fingerprint density at radius 1 is 0.444 bits per heavy atom. The molecule has 0 heterocycles. The van der Waals surface area contributed by atoms with E-state index in [-0.39, 0.29) is 0 Å². The smallest absolute Gasteiger partial charge is 0.0233 e. The summed E-state index contributed by atoms with van der Waals surface area (Å²) in [5.41, 5.74) is 9.74. The number of rotatable bonds is 0. The molecule has 0 heteroatoms. The van der Waals surface area contributed by atoms with Crippen molar-refractivity contribution in [2.75, 3.05) is 0 Å². The van der Waals surface area contributed by atoms with E-state index in [1.54, 1.807) is 33.4 Å². The monoisotopic (exact) mass is 234 g/mol. The van der Waals surface area contributed by atoms with E-state index in [1.165, 1.54) is 38.5 Å². The average Bonchev–Trinajstić information content (AvgIpc) is 2.35. The summed E-state index contributed by atoms with van der Waals surface area (Å²) in [6.07, 6.45) is 7.38. The Bertz CT molecular complexity index is 507. The number of fused-ring (bicyclic) bond motifs is 1. The van der Waals surface area contributed by atoms with Crippen LogP contribution in [0.1, 0.15) is 33.4 Å². The first kappa shape index (κ1) is 10.4. The Labute approximate surface area is 109 Å². The highest BCUT2D eigenvalue weighted by atomic mass is 14.2. The van der Waals surface area contributed by atoms with Crippen LogP contribution in [-0.2, 0) is 38.5 Å². The Kier molecular flexibility index (Phi) is 2.29. The minimum absolute atomic E-state index is 1.22. The van der Waals surface area contributed by atoms with Gasteiger partial charge in [-0.1, -0.05) is 36.4 Å². The molecule has 0 aliphatic heterocycles. The van der Waals surface area contributed by atoms with Crippen LogP contribution in [0.3, 0.4) is 0 Å². The van der Waals surface area contributed by atoms with Crippen molar-refractivity contribution < 1.29 is 0 Å². The molecule has 0 saturated carbocycles. The zero-order valence-corrected chi connectivity index (χ0v) is 10.7. The molecule has 2 bridgehead atoms. The number of benzene rings is 2. The highest BCUT2D eigenvalue weighted by Crippen LogP contribution is 2.30. The van der Waals surface area contributed by atoms with Gasteiger partial charge in [-0.25, -0.2) is 0 Å². The van der Waals surface area contributed by atoms with Gasteiger partial charge in [0.15, 0.2) is 0 Å². The van der Waals surface area contributed by atoms with Crippen LogP contribution in [0.5, 0.6) is 0 Å². The molecule has 2 aromatic rings. The normalized spacial score (nSPS) is 16.7. The summed E-state index contributed by atoms with van der Waals surface area (Å²) in [7, 11) is 0. The second-order valence-corrected chi connectivity index (χ2v) is 5.61. The first-order valence-corrected chi connectivity index (χ1v) is 7.11. The highest BCUT2D eigenvalue weighted by Gasteiger charge is 2.18. The lowest BCUT2D eigenvalue weighted by Crippen LogP contribution is -2.14. The van der Waals surface area contributed by atoms with Gasteiger partial charge in [0.05, 0.1) is 0 Å². The molecule has 4 rings (SSSR count). The van der Waals surface area contributed by atoms with Crippen LogP contribution in [-0.4, -0.2) is 0 Å². The quantitative estimate of drug-likeness (QED) is 0.652. The molecule has 2 aliphatic carbocycles. The Hall–Kier alpha value is -1.56. The molecule has 2 aliphatic rings. The van der Waals surface area contributed by atoms with Gasteiger partial charge in [-0.3, -0.25) is 0 Å². The van der Waals surface area contributed by atoms with Gasteiger partial charge in [-0.15, -0.1) is 0 Å². The van der Waals surface area contributed by atoms with Gasteiger partial charge in [-0.2, -0.15) is 0 Å². The molecule has 0 saturated heterocycles. The molecular weight excluding hydrogens is 216 g/mol. The lowest BCUT2D eigenvalue weighted by atomic mass is 9.80. The predicted molar refractivity (Wildman–Crippen MR) is 75.1 cm³/mol. The summed E-state index contributed by atoms with van der Waals surface area (Å²) < 4.78 is 0. The molecule has 0 spiro atoms. The van der Waals surface area contributed by atoms with Crippen LogP contribution in [0.25, 0.3) is 0 Å². The fourth-order valence-corrected chi connectivity index (χ4v) is 3.74. The summed E-state index contributed by atoms with van der Waals surface area (Å²) in [6, 6.07) is 13.9. The fraction of sp³-hybridized carbons (Fsp3) is 0.333. The molecule has 0 radical (unpaired) electrons. The van der Waals surface area contributed by atoms with E-state index >= 15 is 0 Å². The molecule has 0 aromatic heterocycles. The predicted octanol–water partition coefficient (Wildman–Crippen LogP) is 3.67. The van der Waals surface area contributed by atoms with E-state index in [2.05, 4.69) is 36.4 Å². The van der Waals surface area contributed by atoms with Crippen molar-refractivity contribution >= 4 is 0 Å². The van der Waals surface area contributed by atoms with E-state index in [1.807, 2.05) is 0 Å².